The van der Waals surface area contributed by atoms with E-state index < -0.39 is 17.2 Å². The fourth-order valence-electron chi connectivity index (χ4n) is 6.10. The number of rotatable bonds is 5. The highest BCUT2D eigenvalue weighted by molar-refractivity contribution is 5.96. The number of fused-ring (bicyclic) bond motifs is 3. The highest BCUT2D eigenvalue weighted by Gasteiger charge is 2.41. The van der Waals surface area contributed by atoms with Crippen LogP contribution in [0.15, 0.2) is 103 Å². The van der Waals surface area contributed by atoms with Crippen molar-refractivity contribution in [1.29, 1.82) is 5.26 Å². The largest absolute Gasteiger partial charge is 0.444 e. The topological polar surface area (TPSA) is 92.3 Å². The molecule has 1 aliphatic rings. The lowest BCUT2D eigenvalue weighted by atomic mass is 9.71. The quantitative estimate of drug-likeness (QED) is 0.217. The van der Waals surface area contributed by atoms with Gasteiger partial charge < -0.3 is 10.1 Å². The van der Waals surface area contributed by atoms with Crippen molar-refractivity contribution in [2.75, 3.05) is 0 Å². The molecule has 7 heteroatoms. The van der Waals surface area contributed by atoms with Gasteiger partial charge >= 0.3 is 6.09 Å². The molecular formula is C38H33N5O2. The van der Waals surface area contributed by atoms with E-state index >= 15 is 0 Å². The van der Waals surface area contributed by atoms with E-state index in [2.05, 4.69) is 59.9 Å². The summed E-state index contributed by atoms with van der Waals surface area (Å²) >= 11 is 0. The van der Waals surface area contributed by atoms with Gasteiger partial charge in [-0.05, 0) is 86.6 Å². The summed E-state index contributed by atoms with van der Waals surface area (Å²) in [5.41, 5.74) is 8.11. The number of hydrogen-bond acceptors (Lipinski definition) is 5. The van der Waals surface area contributed by atoms with Gasteiger partial charge in [-0.25, -0.2) is 14.3 Å². The average Bonchev–Trinajstić information content (AvgIpc) is 3.39. The predicted molar refractivity (Wildman–Crippen MR) is 176 cm³/mol. The van der Waals surface area contributed by atoms with Crippen LogP contribution in [0.5, 0.6) is 0 Å². The summed E-state index contributed by atoms with van der Waals surface area (Å²) in [6.07, 6.45) is 4.45. The minimum absolute atomic E-state index is 0.390. The van der Waals surface area contributed by atoms with Crippen molar-refractivity contribution in [2.24, 2.45) is 0 Å². The third-order valence-corrected chi connectivity index (χ3v) is 8.46. The van der Waals surface area contributed by atoms with Crippen molar-refractivity contribution in [1.82, 2.24) is 19.9 Å². The van der Waals surface area contributed by atoms with Crippen LogP contribution in [0.3, 0.4) is 0 Å². The van der Waals surface area contributed by atoms with E-state index in [1.54, 1.807) is 6.07 Å². The summed E-state index contributed by atoms with van der Waals surface area (Å²) in [4.78, 5) is 17.9. The van der Waals surface area contributed by atoms with Gasteiger partial charge in [0.1, 0.15) is 5.60 Å². The Morgan fingerprint density at radius 2 is 1.60 bits per heavy atom. The first-order valence-electron chi connectivity index (χ1n) is 15.2. The van der Waals surface area contributed by atoms with Crippen LogP contribution in [0.4, 0.5) is 4.79 Å². The van der Waals surface area contributed by atoms with Crippen LogP contribution in [0, 0.1) is 11.3 Å². The van der Waals surface area contributed by atoms with E-state index in [4.69, 9.17) is 14.8 Å². The molecule has 7 nitrogen and oxygen atoms in total. The van der Waals surface area contributed by atoms with E-state index in [1.807, 2.05) is 73.9 Å². The molecule has 0 saturated heterocycles. The Kier molecular flexibility index (Phi) is 6.86. The van der Waals surface area contributed by atoms with E-state index in [9.17, 15) is 10.1 Å². The van der Waals surface area contributed by atoms with Crippen molar-refractivity contribution >= 4 is 22.6 Å². The van der Waals surface area contributed by atoms with Gasteiger partial charge in [-0.3, -0.25) is 0 Å². The molecule has 2 aromatic heterocycles. The van der Waals surface area contributed by atoms with Crippen LogP contribution >= 0.6 is 0 Å². The zero-order valence-corrected chi connectivity index (χ0v) is 25.5. The maximum Gasteiger partial charge on any atom is 0.408 e. The summed E-state index contributed by atoms with van der Waals surface area (Å²) in [6.45, 7) is 5.63. The Morgan fingerprint density at radius 1 is 0.889 bits per heavy atom. The molecule has 1 fully saturated rings. The van der Waals surface area contributed by atoms with Gasteiger partial charge in [-0.15, -0.1) is 0 Å². The Bertz CT molecular complexity index is 2100. The van der Waals surface area contributed by atoms with Gasteiger partial charge in [-0.1, -0.05) is 72.8 Å². The van der Waals surface area contributed by atoms with Crippen molar-refractivity contribution in [3.05, 3.63) is 114 Å². The molecule has 1 amide bonds. The normalized spacial score (nSPS) is 14.1. The second kappa shape index (κ2) is 10.9. The maximum atomic E-state index is 12.7. The van der Waals surface area contributed by atoms with E-state index in [0.29, 0.717) is 5.56 Å². The minimum atomic E-state index is -0.557. The Labute approximate surface area is 262 Å². The van der Waals surface area contributed by atoms with Crippen LogP contribution < -0.4 is 5.32 Å². The number of ether oxygens (including phenoxy) is 1. The van der Waals surface area contributed by atoms with Gasteiger partial charge in [-0.2, -0.15) is 10.4 Å². The SMILES string of the molecule is CC(C)(C)OC(=O)NC1(c2ccc(-c3nc4c5ccc(-c6cccc(C#N)c6)cc5nn4cc3-c3ccccc3)cc2)CCC1. The fraction of sp³-hybridized carbons (Fsp3) is 0.211. The number of nitriles is 1. The number of carbonyl (C=O) groups excluding carboxylic acids is 1. The summed E-state index contributed by atoms with van der Waals surface area (Å²) in [7, 11) is 0. The smallest absolute Gasteiger partial charge is 0.408 e. The molecule has 0 unspecified atom stereocenters. The standard InChI is InChI=1S/C38H33N5O2/c1-37(2,3)45-36(44)41-38(19-8-20-38)30-16-13-27(14-17-30)34-32(26-10-5-4-6-11-26)24-43-35(40-34)31-18-15-29(22-33(31)42-43)28-12-7-9-25(21-28)23-39/h4-7,9-18,21-22,24H,8,19-20H2,1-3H3,(H,41,44). The number of aromatic nitrogens is 3. The first-order chi connectivity index (χ1) is 21.7. The molecule has 0 radical (unpaired) electrons. The molecule has 222 valence electrons. The molecule has 0 aliphatic heterocycles. The van der Waals surface area contributed by atoms with Crippen molar-refractivity contribution in [3.8, 4) is 39.6 Å². The van der Waals surface area contributed by atoms with Crippen molar-refractivity contribution in [2.45, 2.75) is 51.2 Å². The number of hydrogen-bond donors (Lipinski definition) is 1. The number of carbonyl (C=O) groups is 1. The highest BCUT2D eigenvalue weighted by atomic mass is 16.6. The molecule has 7 rings (SSSR count). The maximum absolute atomic E-state index is 12.7. The van der Waals surface area contributed by atoms with Gasteiger partial charge in [0, 0.05) is 22.7 Å². The monoisotopic (exact) mass is 591 g/mol. The number of nitrogens with one attached hydrogen (secondary N) is 1. The molecule has 1 saturated carbocycles. The van der Waals surface area contributed by atoms with Crippen LogP contribution in [0.25, 0.3) is 50.1 Å². The molecule has 0 bridgehead atoms. The Morgan fingerprint density at radius 3 is 2.29 bits per heavy atom. The lowest BCUT2D eigenvalue weighted by Crippen LogP contribution is -2.52. The second-order valence-corrected chi connectivity index (χ2v) is 12.7. The van der Waals surface area contributed by atoms with Gasteiger partial charge in [0.15, 0.2) is 5.65 Å². The molecule has 6 aromatic rings. The van der Waals surface area contributed by atoms with Gasteiger partial charge in [0.25, 0.3) is 0 Å². The van der Waals surface area contributed by atoms with Crippen LogP contribution in [0.2, 0.25) is 0 Å². The van der Waals surface area contributed by atoms with E-state index in [0.717, 1.165) is 74.9 Å². The van der Waals surface area contributed by atoms with Gasteiger partial charge in [0.05, 0.1) is 28.4 Å². The summed E-state index contributed by atoms with van der Waals surface area (Å²) in [5.74, 6) is 0. The Balaban J connectivity index is 1.30. The third-order valence-electron chi connectivity index (χ3n) is 8.46. The number of amides is 1. The van der Waals surface area contributed by atoms with Crippen LogP contribution in [-0.4, -0.2) is 26.3 Å². The molecule has 1 aliphatic carbocycles. The van der Waals surface area contributed by atoms with Crippen LogP contribution in [0.1, 0.15) is 51.2 Å². The summed E-state index contributed by atoms with van der Waals surface area (Å²) < 4.78 is 7.43. The summed E-state index contributed by atoms with van der Waals surface area (Å²) in [6, 6.07) is 34.6. The van der Waals surface area contributed by atoms with E-state index in [-0.39, 0.29) is 0 Å². The van der Waals surface area contributed by atoms with Crippen LogP contribution in [-0.2, 0) is 10.3 Å². The molecule has 2 heterocycles. The fourth-order valence-corrected chi connectivity index (χ4v) is 6.10. The molecular weight excluding hydrogens is 558 g/mol. The third kappa shape index (κ3) is 5.40. The van der Waals surface area contributed by atoms with Gasteiger partial charge in [0.2, 0.25) is 0 Å². The zero-order valence-electron chi connectivity index (χ0n) is 25.5. The molecule has 0 spiro atoms. The highest BCUT2D eigenvalue weighted by Crippen LogP contribution is 2.42. The lowest BCUT2D eigenvalue weighted by Gasteiger charge is -2.43. The van der Waals surface area contributed by atoms with Crippen molar-refractivity contribution < 1.29 is 9.53 Å². The minimum Gasteiger partial charge on any atom is -0.444 e. The lowest BCUT2D eigenvalue weighted by molar-refractivity contribution is 0.0377. The second-order valence-electron chi connectivity index (χ2n) is 12.7. The first kappa shape index (κ1) is 28.3. The predicted octanol–water partition coefficient (Wildman–Crippen LogP) is 8.66. The number of nitrogens with zero attached hydrogens (tertiary/aromatic N) is 4. The molecule has 0 atom stereocenters. The van der Waals surface area contributed by atoms with Crippen molar-refractivity contribution in [3.63, 3.8) is 0 Å². The number of benzene rings is 4. The molecule has 4 aromatic carbocycles. The summed E-state index contributed by atoms with van der Waals surface area (Å²) in [5, 5.41) is 18.4. The average molecular weight is 592 g/mol. The molecule has 1 N–H and O–H groups in total. The first-order valence-corrected chi connectivity index (χ1v) is 15.2. The Hall–Kier alpha value is -5.48. The molecule has 45 heavy (non-hydrogen) atoms. The zero-order chi connectivity index (χ0) is 31.2. The van der Waals surface area contributed by atoms with E-state index in [1.165, 1.54) is 0 Å². The number of alkyl carbamates (subject to hydrolysis) is 1.